The molecule has 1 aromatic heterocycles. The molecule has 6 heteroatoms. The lowest BCUT2D eigenvalue weighted by Crippen LogP contribution is -2.39. The molecular formula is C21H29N3O3. The van der Waals surface area contributed by atoms with Crippen molar-refractivity contribution in [3.8, 4) is 11.5 Å². The number of imidazole rings is 1. The Bertz CT molecular complexity index is 754. The molecule has 1 aliphatic heterocycles. The zero-order chi connectivity index (χ0) is 19.4. The van der Waals surface area contributed by atoms with Crippen LogP contribution in [0.5, 0.6) is 11.5 Å². The predicted molar refractivity (Wildman–Crippen MR) is 104 cm³/mol. The minimum atomic E-state index is 0.0381. The maximum atomic E-state index is 12.9. The maximum Gasteiger partial charge on any atom is 0.254 e. The molecule has 0 radical (unpaired) electrons. The molecule has 0 unspecified atom stereocenters. The SMILES string of the molecule is COc1cc(OC)cc(C(=O)N2CCC(Cn3ccnc3C(C)C)CC2)c1. The van der Waals surface area contributed by atoms with Crippen molar-refractivity contribution in [3.63, 3.8) is 0 Å². The van der Waals surface area contributed by atoms with Crippen LogP contribution in [-0.2, 0) is 6.54 Å². The van der Waals surface area contributed by atoms with E-state index in [1.54, 1.807) is 32.4 Å². The van der Waals surface area contributed by atoms with Crippen LogP contribution >= 0.6 is 0 Å². The average molecular weight is 371 g/mol. The summed E-state index contributed by atoms with van der Waals surface area (Å²) in [6, 6.07) is 5.33. The quantitative estimate of drug-likeness (QED) is 0.779. The molecule has 0 N–H and O–H groups in total. The summed E-state index contributed by atoms with van der Waals surface area (Å²) in [6.07, 6.45) is 5.95. The molecule has 1 saturated heterocycles. The molecule has 3 rings (SSSR count). The summed E-state index contributed by atoms with van der Waals surface area (Å²) in [5.74, 6) is 3.43. The minimum Gasteiger partial charge on any atom is -0.497 e. The first-order chi connectivity index (χ1) is 13.0. The molecule has 0 bridgehead atoms. The van der Waals surface area contributed by atoms with Crippen LogP contribution in [0.25, 0.3) is 0 Å². The minimum absolute atomic E-state index is 0.0381. The fourth-order valence-corrected chi connectivity index (χ4v) is 3.69. The van der Waals surface area contributed by atoms with Crippen molar-refractivity contribution in [1.29, 1.82) is 0 Å². The topological polar surface area (TPSA) is 56.6 Å². The number of likely N-dealkylation sites (tertiary alicyclic amines) is 1. The Balaban J connectivity index is 1.62. The van der Waals surface area contributed by atoms with Crippen molar-refractivity contribution >= 4 is 5.91 Å². The second-order valence-electron chi connectivity index (χ2n) is 7.43. The molecule has 0 saturated carbocycles. The van der Waals surface area contributed by atoms with Gasteiger partial charge in [0.05, 0.1) is 14.2 Å². The molecule has 1 aliphatic rings. The molecule has 0 atom stereocenters. The molecule has 0 spiro atoms. The summed E-state index contributed by atoms with van der Waals surface area (Å²) >= 11 is 0. The highest BCUT2D eigenvalue weighted by molar-refractivity contribution is 5.95. The standard InChI is InChI=1S/C21H29N3O3/c1-15(2)20-22-7-10-24(20)14-16-5-8-23(9-6-16)21(25)17-11-18(26-3)13-19(12-17)27-4/h7,10-13,15-16H,5-6,8-9,14H2,1-4H3. The number of hydrogen-bond donors (Lipinski definition) is 0. The first-order valence-corrected chi connectivity index (χ1v) is 9.55. The van der Waals surface area contributed by atoms with E-state index in [1.165, 1.54) is 0 Å². The summed E-state index contributed by atoms with van der Waals surface area (Å²) in [5.41, 5.74) is 0.612. The Kier molecular flexibility index (Phi) is 6.04. The van der Waals surface area contributed by atoms with Gasteiger partial charge in [0.15, 0.2) is 0 Å². The number of methoxy groups -OCH3 is 2. The number of aromatic nitrogens is 2. The number of piperidine rings is 1. The van der Waals surface area contributed by atoms with Gasteiger partial charge in [-0.3, -0.25) is 4.79 Å². The van der Waals surface area contributed by atoms with Gasteiger partial charge in [0.1, 0.15) is 17.3 Å². The van der Waals surface area contributed by atoms with Gasteiger partial charge in [0.25, 0.3) is 5.91 Å². The van der Waals surface area contributed by atoms with Crippen LogP contribution in [-0.4, -0.2) is 47.7 Å². The molecule has 2 aromatic rings. The Labute approximate surface area is 161 Å². The Morgan fingerprint density at radius 3 is 2.33 bits per heavy atom. The van der Waals surface area contributed by atoms with Crippen molar-refractivity contribution < 1.29 is 14.3 Å². The molecule has 146 valence electrons. The molecule has 1 amide bonds. The maximum absolute atomic E-state index is 12.9. The van der Waals surface area contributed by atoms with Gasteiger partial charge in [-0.05, 0) is 30.9 Å². The van der Waals surface area contributed by atoms with Crippen LogP contribution in [0.3, 0.4) is 0 Å². The largest absolute Gasteiger partial charge is 0.497 e. The third kappa shape index (κ3) is 4.43. The van der Waals surface area contributed by atoms with E-state index in [9.17, 15) is 4.79 Å². The normalized spacial score (nSPS) is 15.2. The van der Waals surface area contributed by atoms with Gasteiger partial charge in [-0.1, -0.05) is 13.8 Å². The van der Waals surface area contributed by atoms with E-state index < -0.39 is 0 Å². The van der Waals surface area contributed by atoms with E-state index in [-0.39, 0.29) is 5.91 Å². The highest BCUT2D eigenvalue weighted by Gasteiger charge is 2.25. The van der Waals surface area contributed by atoms with Gasteiger partial charge in [0, 0.05) is 49.6 Å². The van der Waals surface area contributed by atoms with Crippen LogP contribution in [0.2, 0.25) is 0 Å². The van der Waals surface area contributed by atoms with Crippen LogP contribution in [0.15, 0.2) is 30.6 Å². The number of amides is 1. The van der Waals surface area contributed by atoms with Crippen molar-refractivity contribution in [2.45, 2.75) is 39.2 Å². The Morgan fingerprint density at radius 2 is 1.78 bits per heavy atom. The van der Waals surface area contributed by atoms with Crippen LogP contribution in [0.1, 0.15) is 48.8 Å². The Hall–Kier alpha value is -2.50. The lowest BCUT2D eigenvalue weighted by molar-refractivity contribution is 0.0681. The number of nitrogens with zero attached hydrogens (tertiary/aromatic N) is 3. The van der Waals surface area contributed by atoms with E-state index >= 15 is 0 Å². The lowest BCUT2D eigenvalue weighted by Gasteiger charge is -2.32. The number of benzene rings is 1. The van der Waals surface area contributed by atoms with Gasteiger partial charge < -0.3 is 18.9 Å². The molecule has 27 heavy (non-hydrogen) atoms. The van der Waals surface area contributed by atoms with Crippen molar-refractivity contribution in [1.82, 2.24) is 14.5 Å². The molecule has 2 heterocycles. The second kappa shape index (κ2) is 8.46. The summed E-state index contributed by atoms with van der Waals surface area (Å²) in [6.45, 7) is 6.86. The number of hydrogen-bond acceptors (Lipinski definition) is 4. The van der Waals surface area contributed by atoms with E-state index in [0.29, 0.717) is 28.9 Å². The molecule has 1 fully saturated rings. The molecule has 1 aromatic carbocycles. The van der Waals surface area contributed by atoms with Crippen LogP contribution in [0, 0.1) is 5.92 Å². The van der Waals surface area contributed by atoms with E-state index in [1.807, 2.05) is 11.1 Å². The second-order valence-corrected chi connectivity index (χ2v) is 7.43. The number of carbonyl (C=O) groups is 1. The molecule has 0 aliphatic carbocycles. The third-order valence-electron chi connectivity index (χ3n) is 5.22. The molecular weight excluding hydrogens is 342 g/mol. The third-order valence-corrected chi connectivity index (χ3v) is 5.22. The van der Waals surface area contributed by atoms with Crippen LogP contribution < -0.4 is 9.47 Å². The first-order valence-electron chi connectivity index (χ1n) is 9.55. The van der Waals surface area contributed by atoms with E-state index in [2.05, 4.69) is 29.6 Å². The monoisotopic (exact) mass is 371 g/mol. The van der Waals surface area contributed by atoms with E-state index in [4.69, 9.17) is 9.47 Å². The predicted octanol–water partition coefficient (Wildman–Crippen LogP) is 3.58. The van der Waals surface area contributed by atoms with E-state index in [0.717, 1.165) is 38.3 Å². The summed E-state index contributed by atoms with van der Waals surface area (Å²) in [4.78, 5) is 19.3. The summed E-state index contributed by atoms with van der Waals surface area (Å²) in [5, 5.41) is 0. The summed E-state index contributed by atoms with van der Waals surface area (Å²) < 4.78 is 12.8. The van der Waals surface area contributed by atoms with Crippen LogP contribution in [0.4, 0.5) is 0 Å². The fourth-order valence-electron chi connectivity index (χ4n) is 3.69. The number of ether oxygens (including phenoxy) is 2. The van der Waals surface area contributed by atoms with Gasteiger partial charge in [-0.15, -0.1) is 0 Å². The molecule has 6 nitrogen and oxygen atoms in total. The Morgan fingerprint density at radius 1 is 1.15 bits per heavy atom. The zero-order valence-electron chi connectivity index (χ0n) is 16.6. The zero-order valence-corrected chi connectivity index (χ0v) is 16.6. The highest BCUT2D eigenvalue weighted by atomic mass is 16.5. The number of rotatable bonds is 6. The highest BCUT2D eigenvalue weighted by Crippen LogP contribution is 2.26. The van der Waals surface area contributed by atoms with Gasteiger partial charge in [-0.25, -0.2) is 4.98 Å². The van der Waals surface area contributed by atoms with Crippen molar-refractivity contribution in [2.24, 2.45) is 5.92 Å². The first kappa shape index (κ1) is 19.3. The number of carbonyl (C=O) groups excluding carboxylic acids is 1. The van der Waals surface area contributed by atoms with Gasteiger partial charge in [-0.2, -0.15) is 0 Å². The smallest absolute Gasteiger partial charge is 0.254 e. The van der Waals surface area contributed by atoms with Crippen molar-refractivity contribution in [2.75, 3.05) is 27.3 Å². The van der Waals surface area contributed by atoms with Gasteiger partial charge >= 0.3 is 0 Å². The van der Waals surface area contributed by atoms with Gasteiger partial charge in [0.2, 0.25) is 0 Å². The lowest BCUT2D eigenvalue weighted by atomic mass is 9.96. The average Bonchev–Trinajstić information content (AvgIpc) is 3.16. The van der Waals surface area contributed by atoms with Crippen molar-refractivity contribution in [3.05, 3.63) is 42.0 Å². The fraction of sp³-hybridized carbons (Fsp3) is 0.524. The summed E-state index contributed by atoms with van der Waals surface area (Å²) in [7, 11) is 3.19.